The third-order valence-corrected chi connectivity index (χ3v) is 6.21. The molecule has 0 atom stereocenters. The normalized spacial score (nSPS) is 15.1. The van der Waals surface area contributed by atoms with Crippen LogP contribution in [0.2, 0.25) is 0 Å². The summed E-state index contributed by atoms with van der Waals surface area (Å²) in [5.74, 6) is 0.385. The molecule has 1 aromatic heterocycles. The molecule has 8 nitrogen and oxygen atoms in total. The molecular formula is C26H34N4O4. The standard InChI is InChI=1S/C26H34N4O4/c1-26(2,25(32)29-13-11-28(12-14-29)15-16-31)34-24-22-17-21(19-33-3)9-10-23(22)30(27-24)18-20-7-5-4-6-8-20/h4-10,17,31H,11-16,18-19H2,1-3H3. The molecule has 1 fully saturated rings. The second-order valence-electron chi connectivity index (χ2n) is 9.20. The van der Waals surface area contributed by atoms with Gasteiger partial charge in [0, 0.05) is 39.8 Å². The Hall–Kier alpha value is -2.94. The monoisotopic (exact) mass is 466 g/mol. The van der Waals surface area contributed by atoms with Crippen molar-refractivity contribution in [2.45, 2.75) is 32.6 Å². The molecular weight excluding hydrogens is 432 g/mol. The van der Waals surface area contributed by atoms with Crippen LogP contribution >= 0.6 is 0 Å². The lowest BCUT2D eigenvalue weighted by Crippen LogP contribution is -2.56. The van der Waals surface area contributed by atoms with Gasteiger partial charge >= 0.3 is 0 Å². The molecule has 2 heterocycles. The molecule has 0 aliphatic carbocycles. The summed E-state index contributed by atoms with van der Waals surface area (Å²) in [5, 5.41) is 14.8. The number of aromatic nitrogens is 2. The first-order chi connectivity index (χ1) is 16.4. The first-order valence-corrected chi connectivity index (χ1v) is 11.7. The van der Waals surface area contributed by atoms with E-state index in [0.717, 1.165) is 35.1 Å². The van der Waals surface area contributed by atoms with Crippen LogP contribution in [-0.2, 0) is 22.7 Å². The quantitative estimate of drug-likeness (QED) is 0.522. The zero-order chi connectivity index (χ0) is 24.1. The highest BCUT2D eigenvalue weighted by molar-refractivity contribution is 5.88. The summed E-state index contributed by atoms with van der Waals surface area (Å²) in [6.45, 7) is 8.19. The van der Waals surface area contributed by atoms with Gasteiger partial charge in [-0.1, -0.05) is 36.4 Å². The molecule has 0 radical (unpaired) electrons. The molecule has 1 N–H and O–H groups in total. The lowest BCUT2D eigenvalue weighted by molar-refractivity contribution is -0.147. The van der Waals surface area contributed by atoms with Gasteiger partial charge in [-0.3, -0.25) is 14.4 Å². The van der Waals surface area contributed by atoms with Crippen molar-refractivity contribution in [3.63, 3.8) is 0 Å². The highest BCUT2D eigenvalue weighted by Gasteiger charge is 2.37. The van der Waals surface area contributed by atoms with E-state index in [0.29, 0.717) is 38.7 Å². The molecule has 1 saturated heterocycles. The Balaban J connectivity index is 1.59. The number of ether oxygens (including phenoxy) is 2. The molecule has 0 saturated carbocycles. The zero-order valence-corrected chi connectivity index (χ0v) is 20.2. The molecule has 2 aromatic carbocycles. The first-order valence-electron chi connectivity index (χ1n) is 11.7. The van der Waals surface area contributed by atoms with E-state index in [4.69, 9.17) is 19.7 Å². The molecule has 1 amide bonds. The van der Waals surface area contributed by atoms with Crippen molar-refractivity contribution in [2.24, 2.45) is 0 Å². The van der Waals surface area contributed by atoms with Gasteiger partial charge in [-0.25, -0.2) is 0 Å². The largest absolute Gasteiger partial charge is 0.460 e. The van der Waals surface area contributed by atoms with Crippen molar-refractivity contribution in [1.29, 1.82) is 0 Å². The Morgan fingerprint density at radius 3 is 2.47 bits per heavy atom. The minimum Gasteiger partial charge on any atom is -0.460 e. The number of fused-ring (bicyclic) bond motifs is 1. The van der Waals surface area contributed by atoms with Crippen LogP contribution < -0.4 is 4.74 Å². The van der Waals surface area contributed by atoms with Crippen molar-refractivity contribution < 1.29 is 19.4 Å². The number of benzene rings is 2. The van der Waals surface area contributed by atoms with Gasteiger partial charge < -0.3 is 19.5 Å². The second-order valence-corrected chi connectivity index (χ2v) is 9.20. The highest BCUT2D eigenvalue weighted by atomic mass is 16.5. The van der Waals surface area contributed by atoms with Crippen molar-refractivity contribution in [3.8, 4) is 5.88 Å². The van der Waals surface area contributed by atoms with Crippen LogP contribution in [0.4, 0.5) is 0 Å². The lowest BCUT2D eigenvalue weighted by atomic mass is 10.1. The number of rotatable bonds is 9. The van der Waals surface area contributed by atoms with Gasteiger partial charge in [-0.15, -0.1) is 5.10 Å². The number of nitrogens with zero attached hydrogens (tertiary/aromatic N) is 4. The third kappa shape index (κ3) is 5.41. The van der Waals surface area contributed by atoms with E-state index >= 15 is 0 Å². The molecule has 0 bridgehead atoms. The number of β-amino-alcohol motifs (C(OH)–C–C–N with tert-alkyl or cyclic N) is 1. The Morgan fingerprint density at radius 1 is 1.06 bits per heavy atom. The van der Waals surface area contributed by atoms with E-state index in [9.17, 15) is 4.79 Å². The van der Waals surface area contributed by atoms with Crippen LogP contribution in [0.15, 0.2) is 48.5 Å². The van der Waals surface area contributed by atoms with Crippen molar-refractivity contribution in [2.75, 3.05) is 46.4 Å². The maximum Gasteiger partial charge on any atom is 0.266 e. The molecule has 34 heavy (non-hydrogen) atoms. The maximum atomic E-state index is 13.4. The number of hydrogen-bond donors (Lipinski definition) is 1. The van der Waals surface area contributed by atoms with Gasteiger partial charge in [0.05, 0.1) is 30.7 Å². The Bertz CT molecular complexity index is 1100. The van der Waals surface area contributed by atoms with Gasteiger partial charge in [0.2, 0.25) is 5.88 Å². The molecule has 1 aliphatic heterocycles. The predicted molar refractivity (Wildman–Crippen MR) is 131 cm³/mol. The van der Waals surface area contributed by atoms with E-state index in [-0.39, 0.29) is 12.5 Å². The fraction of sp³-hybridized carbons (Fsp3) is 0.462. The molecule has 0 unspecified atom stereocenters. The van der Waals surface area contributed by atoms with Crippen molar-refractivity contribution in [3.05, 3.63) is 59.7 Å². The van der Waals surface area contributed by atoms with Gasteiger partial charge in [-0.05, 0) is 37.1 Å². The van der Waals surface area contributed by atoms with Crippen LogP contribution in [-0.4, -0.2) is 82.6 Å². The average molecular weight is 467 g/mol. The van der Waals surface area contributed by atoms with Crippen LogP contribution in [0.3, 0.4) is 0 Å². The van der Waals surface area contributed by atoms with Gasteiger partial charge in [0.25, 0.3) is 5.91 Å². The summed E-state index contributed by atoms with van der Waals surface area (Å²) < 4.78 is 13.6. The van der Waals surface area contributed by atoms with E-state index in [1.54, 1.807) is 21.0 Å². The van der Waals surface area contributed by atoms with Gasteiger partial charge in [-0.2, -0.15) is 0 Å². The first kappa shape index (κ1) is 24.2. The number of methoxy groups -OCH3 is 1. The number of carbonyl (C=O) groups excluding carboxylic acids is 1. The van der Waals surface area contributed by atoms with E-state index < -0.39 is 5.60 Å². The average Bonchev–Trinajstić information content (AvgIpc) is 3.16. The minimum absolute atomic E-state index is 0.0602. The second kappa shape index (κ2) is 10.5. The topological polar surface area (TPSA) is 80.1 Å². The Kier molecular flexibility index (Phi) is 7.50. The molecule has 3 aromatic rings. The van der Waals surface area contributed by atoms with Crippen LogP contribution in [0.1, 0.15) is 25.0 Å². The summed E-state index contributed by atoms with van der Waals surface area (Å²) in [7, 11) is 1.67. The summed E-state index contributed by atoms with van der Waals surface area (Å²) in [5.41, 5.74) is 2.02. The fourth-order valence-electron chi connectivity index (χ4n) is 4.39. The van der Waals surface area contributed by atoms with E-state index in [2.05, 4.69) is 17.0 Å². The Morgan fingerprint density at radius 2 is 1.79 bits per heavy atom. The third-order valence-electron chi connectivity index (χ3n) is 6.21. The highest BCUT2D eigenvalue weighted by Crippen LogP contribution is 2.30. The summed E-state index contributed by atoms with van der Waals surface area (Å²) in [4.78, 5) is 17.4. The van der Waals surface area contributed by atoms with Gasteiger partial charge in [0.15, 0.2) is 5.60 Å². The molecule has 0 spiro atoms. The smallest absolute Gasteiger partial charge is 0.266 e. The van der Waals surface area contributed by atoms with Crippen LogP contribution in [0.5, 0.6) is 5.88 Å². The summed E-state index contributed by atoms with van der Waals surface area (Å²) >= 11 is 0. The molecule has 1 aliphatic rings. The van der Waals surface area contributed by atoms with Crippen molar-refractivity contribution >= 4 is 16.8 Å². The van der Waals surface area contributed by atoms with Gasteiger partial charge in [0.1, 0.15) is 0 Å². The number of aliphatic hydroxyl groups excluding tert-OH is 1. The fourth-order valence-corrected chi connectivity index (χ4v) is 4.39. The molecule has 8 heteroatoms. The predicted octanol–water partition coefficient (Wildman–Crippen LogP) is 2.52. The van der Waals surface area contributed by atoms with Crippen LogP contribution in [0, 0.1) is 0 Å². The lowest BCUT2D eigenvalue weighted by Gasteiger charge is -2.38. The summed E-state index contributed by atoms with van der Waals surface area (Å²) in [6, 6.07) is 16.2. The number of piperazine rings is 1. The maximum absolute atomic E-state index is 13.4. The SMILES string of the molecule is COCc1ccc2c(c1)c(OC(C)(C)C(=O)N1CCN(CCO)CC1)nn2Cc1ccccc1. The minimum atomic E-state index is -1.07. The van der Waals surface area contributed by atoms with E-state index in [1.807, 2.05) is 46.0 Å². The number of amides is 1. The van der Waals surface area contributed by atoms with Crippen molar-refractivity contribution in [1.82, 2.24) is 19.6 Å². The van der Waals surface area contributed by atoms with E-state index in [1.165, 1.54) is 0 Å². The summed E-state index contributed by atoms with van der Waals surface area (Å²) in [6.07, 6.45) is 0. The zero-order valence-electron chi connectivity index (χ0n) is 20.2. The number of carbonyl (C=O) groups is 1. The Labute approximate surface area is 200 Å². The number of aliphatic hydroxyl groups is 1. The molecule has 4 rings (SSSR count). The van der Waals surface area contributed by atoms with Crippen LogP contribution in [0.25, 0.3) is 10.9 Å². The molecule has 182 valence electrons. The number of hydrogen-bond acceptors (Lipinski definition) is 6.